The lowest BCUT2D eigenvalue weighted by atomic mass is 10.00. The van der Waals surface area contributed by atoms with Gasteiger partial charge < -0.3 is 34.3 Å². The quantitative estimate of drug-likeness (QED) is 0.0204. The SMILES string of the molecule is CCCCC/C=C\C/C=C\CCCCCCCC(=O)OC[C@@H](CO[C@H]1O[C@H](CS(=O)(=O)O)[C@@H](O)[C@H](O)[C@H]1O)OC(=O)CCCCCCCCCCCCCC(C)C. The molecule has 57 heavy (non-hydrogen) atoms. The third-order valence-corrected chi connectivity index (χ3v) is 11.0. The maximum Gasteiger partial charge on any atom is 0.306 e. The van der Waals surface area contributed by atoms with Gasteiger partial charge in [-0.25, -0.2) is 0 Å². The molecule has 0 saturated carbocycles. The third kappa shape index (κ3) is 29.9. The predicted molar refractivity (Wildman–Crippen MR) is 224 cm³/mol. The van der Waals surface area contributed by atoms with E-state index in [1.165, 1.54) is 70.6 Å². The zero-order valence-corrected chi connectivity index (χ0v) is 36.4. The second-order valence-corrected chi connectivity index (χ2v) is 17.7. The van der Waals surface area contributed by atoms with Gasteiger partial charge in [0.15, 0.2) is 12.4 Å². The van der Waals surface area contributed by atoms with Crippen LogP contribution in [-0.2, 0) is 38.7 Å². The molecule has 0 radical (unpaired) electrons. The molecule has 12 nitrogen and oxygen atoms in total. The van der Waals surface area contributed by atoms with Crippen LogP contribution in [0.2, 0.25) is 0 Å². The van der Waals surface area contributed by atoms with Crippen LogP contribution in [0.15, 0.2) is 24.3 Å². The van der Waals surface area contributed by atoms with Crippen molar-refractivity contribution < 1.29 is 56.8 Å². The lowest BCUT2D eigenvalue weighted by molar-refractivity contribution is -0.297. The van der Waals surface area contributed by atoms with Gasteiger partial charge in [0.2, 0.25) is 0 Å². The summed E-state index contributed by atoms with van der Waals surface area (Å²) in [5.74, 6) is -1.21. The van der Waals surface area contributed by atoms with Crippen molar-refractivity contribution in [2.45, 2.75) is 218 Å². The van der Waals surface area contributed by atoms with Crippen molar-refractivity contribution in [3.63, 3.8) is 0 Å². The molecule has 6 atom stereocenters. The van der Waals surface area contributed by atoms with Gasteiger partial charge in [-0.2, -0.15) is 8.42 Å². The van der Waals surface area contributed by atoms with Crippen LogP contribution in [0.3, 0.4) is 0 Å². The minimum absolute atomic E-state index is 0.163. The molecule has 1 heterocycles. The first-order valence-corrected chi connectivity index (χ1v) is 23.9. The highest BCUT2D eigenvalue weighted by Gasteiger charge is 2.46. The van der Waals surface area contributed by atoms with E-state index in [0.29, 0.717) is 12.8 Å². The Balaban J connectivity index is 2.47. The van der Waals surface area contributed by atoms with Crippen LogP contribution in [-0.4, -0.2) is 96.0 Å². The Hall–Kier alpha value is -1.87. The normalized spacial score (nSPS) is 20.8. The molecule has 1 saturated heterocycles. The number of aliphatic hydroxyl groups excluding tert-OH is 3. The summed E-state index contributed by atoms with van der Waals surface area (Å²) in [5.41, 5.74) is 0. The van der Waals surface area contributed by atoms with Gasteiger partial charge in [-0.3, -0.25) is 14.1 Å². The minimum atomic E-state index is -4.60. The average Bonchev–Trinajstić information content (AvgIpc) is 3.16. The highest BCUT2D eigenvalue weighted by Crippen LogP contribution is 2.24. The number of hydrogen-bond donors (Lipinski definition) is 4. The number of aliphatic hydroxyl groups is 3. The van der Waals surface area contributed by atoms with Gasteiger partial charge in [0.25, 0.3) is 10.1 Å². The molecule has 334 valence electrons. The monoisotopic (exact) mass is 833 g/mol. The summed E-state index contributed by atoms with van der Waals surface area (Å²) in [6.45, 7) is 6.03. The second-order valence-electron chi connectivity index (χ2n) is 16.2. The average molecular weight is 833 g/mol. The second kappa shape index (κ2) is 33.9. The van der Waals surface area contributed by atoms with E-state index >= 15 is 0 Å². The number of hydrogen-bond acceptors (Lipinski definition) is 11. The van der Waals surface area contributed by atoms with Crippen LogP contribution < -0.4 is 0 Å². The lowest BCUT2D eigenvalue weighted by Crippen LogP contribution is -2.60. The Kier molecular flexibility index (Phi) is 31.6. The van der Waals surface area contributed by atoms with Gasteiger partial charge in [0.1, 0.15) is 36.8 Å². The van der Waals surface area contributed by atoms with Gasteiger partial charge in [-0.05, 0) is 50.9 Å². The molecule has 1 aliphatic heterocycles. The fraction of sp³-hybridized carbons (Fsp3) is 0.864. The topological polar surface area (TPSA) is 186 Å². The van der Waals surface area contributed by atoms with E-state index in [2.05, 4.69) is 45.1 Å². The molecule has 0 aliphatic carbocycles. The van der Waals surface area contributed by atoms with E-state index in [1.54, 1.807) is 0 Å². The molecule has 0 spiro atoms. The minimum Gasteiger partial charge on any atom is -0.462 e. The molecule has 13 heteroatoms. The van der Waals surface area contributed by atoms with E-state index in [4.69, 9.17) is 18.9 Å². The van der Waals surface area contributed by atoms with Crippen LogP contribution in [0.1, 0.15) is 181 Å². The Labute approximate surface area is 345 Å². The van der Waals surface area contributed by atoms with Crippen molar-refractivity contribution in [1.82, 2.24) is 0 Å². The fourth-order valence-corrected chi connectivity index (χ4v) is 7.41. The van der Waals surface area contributed by atoms with E-state index in [-0.39, 0.29) is 19.4 Å². The number of rotatable bonds is 36. The molecule has 1 fully saturated rings. The van der Waals surface area contributed by atoms with Crippen molar-refractivity contribution in [3.05, 3.63) is 24.3 Å². The smallest absolute Gasteiger partial charge is 0.306 e. The standard InChI is InChI=1S/C44H80O12S/c1-4-5-6-7-8-9-10-11-12-13-16-19-22-25-28-31-39(45)53-33-37(34-54-44-43(49)42(48)41(47)38(56-44)35-57(50,51)52)55-40(46)32-29-26-23-20-17-14-15-18-21-24-27-30-36(2)3/h8-9,11-12,36-38,41-44,47-49H,4-7,10,13-35H2,1-3H3,(H,50,51,52)/b9-8-,12-11-/t37-,38+,41+,42-,43+,44-/m0/s1. The molecular weight excluding hydrogens is 753 g/mol. The summed E-state index contributed by atoms with van der Waals surface area (Å²) < 4.78 is 54.0. The molecule has 0 bridgehead atoms. The zero-order valence-electron chi connectivity index (χ0n) is 35.6. The van der Waals surface area contributed by atoms with E-state index < -0.39 is 71.2 Å². The molecule has 0 unspecified atom stereocenters. The maximum absolute atomic E-state index is 12.8. The summed E-state index contributed by atoms with van der Waals surface area (Å²) in [4.78, 5) is 25.4. The van der Waals surface area contributed by atoms with Gasteiger partial charge in [-0.15, -0.1) is 0 Å². The van der Waals surface area contributed by atoms with Crippen molar-refractivity contribution in [2.24, 2.45) is 5.92 Å². The van der Waals surface area contributed by atoms with Crippen LogP contribution >= 0.6 is 0 Å². The van der Waals surface area contributed by atoms with Crippen LogP contribution in [0.25, 0.3) is 0 Å². The number of carbonyl (C=O) groups is 2. The van der Waals surface area contributed by atoms with Crippen molar-refractivity contribution in [3.8, 4) is 0 Å². The first-order valence-electron chi connectivity index (χ1n) is 22.3. The predicted octanol–water partition coefficient (Wildman–Crippen LogP) is 8.69. The molecule has 1 aliphatic rings. The number of esters is 2. The van der Waals surface area contributed by atoms with Crippen LogP contribution in [0.5, 0.6) is 0 Å². The Morgan fingerprint density at radius 2 is 1.16 bits per heavy atom. The zero-order chi connectivity index (χ0) is 42.2. The summed E-state index contributed by atoms with van der Waals surface area (Å²) >= 11 is 0. The first-order chi connectivity index (χ1) is 27.3. The van der Waals surface area contributed by atoms with E-state index in [1.807, 2.05) is 0 Å². The highest BCUT2D eigenvalue weighted by atomic mass is 32.2. The number of carbonyl (C=O) groups excluding carboxylic acids is 2. The molecule has 0 aromatic carbocycles. The Morgan fingerprint density at radius 3 is 1.70 bits per heavy atom. The fourth-order valence-electron chi connectivity index (χ4n) is 6.71. The highest BCUT2D eigenvalue weighted by molar-refractivity contribution is 7.85. The Bertz CT molecular complexity index is 1170. The molecule has 0 aromatic rings. The number of unbranched alkanes of at least 4 members (excludes halogenated alkanes) is 18. The maximum atomic E-state index is 12.8. The van der Waals surface area contributed by atoms with E-state index in [9.17, 15) is 37.9 Å². The van der Waals surface area contributed by atoms with Gasteiger partial charge >= 0.3 is 11.9 Å². The number of ether oxygens (including phenoxy) is 4. The van der Waals surface area contributed by atoms with E-state index in [0.717, 1.165) is 70.1 Å². The van der Waals surface area contributed by atoms with Gasteiger partial charge in [0.05, 0.1) is 6.61 Å². The lowest BCUT2D eigenvalue weighted by Gasteiger charge is -2.40. The summed E-state index contributed by atoms with van der Waals surface area (Å²) in [5, 5.41) is 30.8. The van der Waals surface area contributed by atoms with Gasteiger partial charge in [0, 0.05) is 12.8 Å². The molecule has 0 amide bonds. The van der Waals surface area contributed by atoms with Crippen LogP contribution in [0.4, 0.5) is 0 Å². The molecule has 4 N–H and O–H groups in total. The first kappa shape index (κ1) is 53.1. The van der Waals surface area contributed by atoms with Crippen molar-refractivity contribution >= 4 is 22.1 Å². The van der Waals surface area contributed by atoms with Crippen LogP contribution in [0, 0.1) is 5.92 Å². The van der Waals surface area contributed by atoms with Crippen molar-refractivity contribution in [2.75, 3.05) is 19.0 Å². The summed E-state index contributed by atoms with van der Waals surface area (Å²) in [6.07, 6.45) is 25.2. The molecule has 1 rings (SSSR count). The number of allylic oxidation sites excluding steroid dienone is 4. The largest absolute Gasteiger partial charge is 0.462 e. The summed E-state index contributed by atoms with van der Waals surface area (Å²) in [6, 6.07) is 0. The van der Waals surface area contributed by atoms with Gasteiger partial charge in [-0.1, -0.05) is 148 Å². The third-order valence-electron chi connectivity index (χ3n) is 10.2. The molecule has 0 aromatic heterocycles. The molecular formula is C44H80O12S. The Morgan fingerprint density at radius 1 is 0.649 bits per heavy atom. The van der Waals surface area contributed by atoms with Crippen molar-refractivity contribution in [1.29, 1.82) is 0 Å². The summed E-state index contributed by atoms with van der Waals surface area (Å²) in [7, 11) is -4.60.